The molecule has 0 saturated carbocycles. The van der Waals surface area contributed by atoms with Crippen molar-refractivity contribution in [2.45, 2.75) is 0 Å². The van der Waals surface area contributed by atoms with Crippen LogP contribution in [-0.4, -0.2) is 9.13 Å². The van der Waals surface area contributed by atoms with E-state index in [0.29, 0.717) is 0 Å². The lowest BCUT2D eigenvalue weighted by Gasteiger charge is -2.19. The molecule has 0 amide bonds. The van der Waals surface area contributed by atoms with Crippen LogP contribution in [0.4, 0.5) is 0 Å². The summed E-state index contributed by atoms with van der Waals surface area (Å²) in [5.41, 5.74) is 14.3. The normalized spacial score (nSPS) is 11.6. The lowest BCUT2D eigenvalue weighted by atomic mass is 9.88. The Kier molecular flexibility index (Phi) is 6.53. The fraction of sp³-hybridized carbons (Fsp3) is 0. The molecule has 0 unspecified atom stereocenters. The number of hydrogen-bond donors (Lipinski definition) is 0. The van der Waals surface area contributed by atoms with Crippen LogP contribution in [0.15, 0.2) is 194 Å². The molecule has 0 bridgehead atoms. The second-order valence-electron chi connectivity index (χ2n) is 12.9. The Bertz CT molecular complexity index is 2550. The third-order valence-electron chi connectivity index (χ3n) is 10.1. The lowest BCUT2D eigenvalue weighted by molar-refractivity contribution is 1.18. The Morgan fingerprint density at radius 1 is 0.240 bits per heavy atom. The molecule has 50 heavy (non-hydrogen) atoms. The monoisotopic (exact) mass is 636 g/mol. The first kappa shape index (κ1) is 28.4. The highest BCUT2D eigenvalue weighted by Gasteiger charge is 2.19. The summed E-state index contributed by atoms with van der Waals surface area (Å²) in [6.07, 6.45) is 0. The molecule has 8 aromatic carbocycles. The van der Waals surface area contributed by atoms with Gasteiger partial charge in [0.1, 0.15) is 0 Å². The summed E-state index contributed by atoms with van der Waals surface area (Å²) >= 11 is 0. The SMILES string of the molecule is c1ccc(-c2cc(-n3c4ccccc4c4ccccc43)ccc2-c2ccc(-n3c4ccccc4c4ccccc43)cc2-c2ccccc2)cc1. The minimum atomic E-state index is 1.15. The largest absolute Gasteiger partial charge is 0.309 e. The molecule has 0 atom stereocenters. The zero-order chi connectivity index (χ0) is 33.0. The van der Waals surface area contributed by atoms with Gasteiger partial charge in [-0.1, -0.05) is 146 Å². The van der Waals surface area contributed by atoms with Crippen LogP contribution in [0.3, 0.4) is 0 Å². The lowest BCUT2D eigenvalue weighted by Crippen LogP contribution is -1.98. The van der Waals surface area contributed by atoms with E-state index < -0.39 is 0 Å². The quantitative estimate of drug-likeness (QED) is 0.178. The standard InChI is InChI=1S/C48H32N2/c1-3-15-33(16-4-1)43-31-35(49-45-23-11-7-19-39(45)40-20-8-12-24-46(40)49)27-29-37(43)38-30-28-36(32-44(38)34-17-5-2-6-18-34)50-47-25-13-9-21-41(47)42-22-10-14-26-48(42)50/h1-32H. The van der Waals surface area contributed by atoms with E-state index in [9.17, 15) is 0 Å². The number of aromatic nitrogens is 2. The first-order chi connectivity index (χ1) is 24.8. The Balaban J connectivity index is 1.24. The van der Waals surface area contributed by atoms with E-state index in [0.717, 1.165) is 11.4 Å². The van der Waals surface area contributed by atoms with Crippen molar-refractivity contribution in [1.82, 2.24) is 9.13 Å². The predicted molar refractivity (Wildman–Crippen MR) is 211 cm³/mol. The van der Waals surface area contributed by atoms with Gasteiger partial charge in [-0.25, -0.2) is 0 Å². The van der Waals surface area contributed by atoms with Crippen molar-refractivity contribution in [3.8, 4) is 44.8 Å². The van der Waals surface area contributed by atoms with Gasteiger partial charge < -0.3 is 9.13 Å². The molecule has 0 radical (unpaired) electrons. The van der Waals surface area contributed by atoms with Crippen molar-refractivity contribution < 1.29 is 0 Å². The summed E-state index contributed by atoms with van der Waals surface area (Å²) in [4.78, 5) is 0. The van der Waals surface area contributed by atoms with Gasteiger partial charge in [0.15, 0.2) is 0 Å². The molecule has 2 aromatic heterocycles. The van der Waals surface area contributed by atoms with E-state index >= 15 is 0 Å². The van der Waals surface area contributed by atoms with Gasteiger partial charge in [-0.05, 0) is 81.9 Å². The molecule has 0 spiro atoms. The smallest absolute Gasteiger partial charge is 0.0541 e. The van der Waals surface area contributed by atoms with Crippen molar-refractivity contribution in [2.24, 2.45) is 0 Å². The topological polar surface area (TPSA) is 9.86 Å². The number of nitrogens with zero attached hydrogens (tertiary/aromatic N) is 2. The highest BCUT2D eigenvalue weighted by Crippen LogP contribution is 2.42. The molecule has 0 aliphatic carbocycles. The van der Waals surface area contributed by atoms with Gasteiger partial charge in [0.05, 0.1) is 22.1 Å². The maximum Gasteiger partial charge on any atom is 0.0541 e. The molecule has 0 aliphatic rings. The van der Waals surface area contributed by atoms with Gasteiger partial charge in [-0.15, -0.1) is 0 Å². The molecule has 0 aliphatic heterocycles. The first-order valence-electron chi connectivity index (χ1n) is 17.2. The summed E-state index contributed by atoms with van der Waals surface area (Å²) in [7, 11) is 0. The summed E-state index contributed by atoms with van der Waals surface area (Å²) in [6.45, 7) is 0. The summed E-state index contributed by atoms with van der Waals surface area (Å²) < 4.78 is 4.81. The average Bonchev–Trinajstić information content (AvgIpc) is 3.71. The fourth-order valence-corrected chi connectivity index (χ4v) is 7.93. The molecule has 2 heteroatoms. The van der Waals surface area contributed by atoms with E-state index in [1.807, 2.05) is 0 Å². The summed E-state index contributed by atoms with van der Waals surface area (Å²) in [6, 6.07) is 70.5. The number of para-hydroxylation sites is 4. The molecule has 0 saturated heterocycles. The molecular formula is C48H32N2. The van der Waals surface area contributed by atoms with Gasteiger partial charge in [0.25, 0.3) is 0 Å². The maximum absolute atomic E-state index is 2.41. The minimum absolute atomic E-state index is 1.15. The van der Waals surface area contributed by atoms with Gasteiger partial charge in [0, 0.05) is 32.9 Å². The molecule has 0 N–H and O–H groups in total. The Morgan fingerprint density at radius 3 is 0.880 bits per heavy atom. The van der Waals surface area contributed by atoms with E-state index in [1.54, 1.807) is 0 Å². The zero-order valence-corrected chi connectivity index (χ0v) is 27.4. The third kappa shape index (κ3) is 4.43. The van der Waals surface area contributed by atoms with E-state index in [1.165, 1.54) is 77.0 Å². The van der Waals surface area contributed by atoms with Crippen LogP contribution >= 0.6 is 0 Å². The van der Waals surface area contributed by atoms with Crippen molar-refractivity contribution in [1.29, 1.82) is 0 Å². The van der Waals surface area contributed by atoms with Gasteiger partial charge in [0.2, 0.25) is 0 Å². The van der Waals surface area contributed by atoms with Crippen LogP contribution in [0.1, 0.15) is 0 Å². The zero-order valence-electron chi connectivity index (χ0n) is 27.4. The van der Waals surface area contributed by atoms with E-state index in [2.05, 4.69) is 203 Å². The van der Waals surface area contributed by atoms with Gasteiger partial charge >= 0.3 is 0 Å². The highest BCUT2D eigenvalue weighted by atomic mass is 15.0. The van der Waals surface area contributed by atoms with Crippen LogP contribution in [0.25, 0.3) is 88.4 Å². The van der Waals surface area contributed by atoms with Crippen LogP contribution < -0.4 is 0 Å². The van der Waals surface area contributed by atoms with Gasteiger partial charge in [-0.2, -0.15) is 0 Å². The Labute approximate surface area is 290 Å². The van der Waals surface area contributed by atoms with Crippen molar-refractivity contribution in [3.05, 3.63) is 194 Å². The number of fused-ring (bicyclic) bond motifs is 6. The Hall–Kier alpha value is -6.64. The van der Waals surface area contributed by atoms with Crippen molar-refractivity contribution in [2.75, 3.05) is 0 Å². The van der Waals surface area contributed by atoms with Crippen LogP contribution in [0.5, 0.6) is 0 Å². The third-order valence-corrected chi connectivity index (χ3v) is 10.1. The molecule has 10 rings (SSSR count). The van der Waals surface area contributed by atoms with Crippen LogP contribution in [-0.2, 0) is 0 Å². The number of rotatable bonds is 5. The second-order valence-corrected chi connectivity index (χ2v) is 12.9. The molecule has 234 valence electrons. The molecule has 2 nitrogen and oxygen atoms in total. The average molecular weight is 637 g/mol. The van der Waals surface area contributed by atoms with Gasteiger partial charge in [-0.3, -0.25) is 0 Å². The second kappa shape index (κ2) is 11.5. The van der Waals surface area contributed by atoms with Crippen molar-refractivity contribution in [3.63, 3.8) is 0 Å². The summed E-state index contributed by atoms with van der Waals surface area (Å²) in [5.74, 6) is 0. The summed E-state index contributed by atoms with van der Waals surface area (Å²) in [5, 5.41) is 5.06. The fourth-order valence-electron chi connectivity index (χ4n) is 7.93. The van der Waals surface area contributed by atoms with Crippen molar-refractivity contribution >= 4 is 43.6 Å². The molecule has 10 aromatic rings. The maximum atomic E-state index is 2.41. The van der Waals surface area contributed by atoms with Crippen LogP contribution in [0, 0.1) is 0 Å². The highest BCUT2D eigenvalue weighted by molar-refractivity contribution is 6.10. The molecule has 2 heterocycles. The van der Waals surface area contributed by atoms with Crippen LogP contribution in [0.2, 0.25) is 0 Å². The van der Waals surface area contributed by atoms with E-state index in [-0.39, 0.29) is 0 Å². The van der Waals surface area contributed by atoms with E-state index in [4.69, 9.17) is 0 Å². The molecular weight excluding hydrogens is 605 g/mol. The predicted octanol–water partition coefficient (Wildman–Crippen LogP) is 12.9. The Morgan fingerprint density at radius 2 is 0.540 bits per heavy atom. The minimum Gasteiger partial charge on any atom is -0.309 e. The molecule has 0 fully saturated rings. The number of hydrogen-bond acceptors (Lipinski definition) is 0. The number of benzene rings is 8. The first-order valence-corrected chi connectivity index (χ1v) is 17.2.